The molecule has 2 aliphatic heterocycles. The highest BCUT2D eigenvalue weighted by atomic mass is 32.1. The van der Waals surface area contributed by atoms with E-state index in [1.165, 1.54) is 0 Å². The monoisotopic (exact) mass is 404 g/mol. The van der Waals surface area contributed by atoms with E-state index < -0.39 is 0 Å². The van der Waals surface area contributed by atoms with Crippen LogP contribution in [0.25, 0.3) is 0 Å². The number of methoxy groups -OCH3 is 1. The summed E-state index contributed by atoms with van der Waals surface area (Å²) < 4.78 is 5.20. The lowest BCUT2D eigenvalue weighted by atomic mass is 9.95. The summed E-state index contributed by atoms with van der Waals surface area (Å²) in [6, 6.07) is 7.67. The zero-order chi connectivity index (χ0) is 20.3. The highest BCUT2D eigenvalue weighted by molar-refractivity contribution is 7.80. The molecule has 0 aromatic heterocycles. The van der Waals surface area contributed by atoms with E-state index in [1.54, 1.807) is 7.11 Å². The summed E-state index contributed by atoms with van der Waals surface area (Å²) in [5.41, 5.74) is 0.724. The van der Waals surface area contributed by atoms with Crippen molar-refractivity contribution in [2.75, 3.05) is 32.1 Å². The van der Waals surface area contributed by atoms with E-state index in [2.05, 4.69) is 41.2 Å². The largest absolute Gasteiger partial charge is 0.497 e. The van der Waals surface area contributed by atoms with Crippen molar-refractivity contribution < 1.29 is 9.53 Å². The normalized spacial score (nSPS) is 21.5. The number of thiocarbonyl (C=S) groups is 1. The Labute approximate surface area is 173 Å². The third-order valence-electron chi connectivity index (χ3n) is 5.81. The second-order valence-electron chi connectivity index (χ2n) is 8.03. The van der Waals surface area contributed by atoms with Crippen LogP contribution < -0.4 is 15.4 Å². The van der Waals surface area contributed by atoms with Crippen LogP contribution in [0, 0.1) is 5.92 Å². The summed E-state index contributed by atoms with van der Waals surface area (Å²) >= 11 is 5.63. The molecule has 2 N–H and O–H groups in total. The van der Waals surface area contributed by atoms with Crippen LogP contribution in [-0.2, 0) is 4.79 Å². The standard InChI is InChI=1S/C21H32N4O2S/c1-5-12-25-19(26)18(15(2)3)23-21(25)10-13-24(14-11-21)20(28)22-16-6-8-17(27-4)9-7-16/h6-9,15,18,23H,5,10-14H2,1-4H3,(H,22,28). The number of piperidine rings is 1. The van der Waals surface area contributed by atoms with Crippen molar-refractivity contribution in [1.29, 1.82) is 0 Å². The lowest BCUT2D eigenvalue weighted by Crippen LogP contribution is -2.60. The van der Waals surface area contributed by atoms with Gasteiger partial charge in [0.2, 0.25) is 5.91 Å². The molecule has 0 aliphatic carbocycles. The topological polar surface area (TPSA) is 56.8 Å². The molecular formula is C21H32N4O2S. The van der Waals surface area contributed by atoms with Gasteiger partial charge in [-0.05, 0) is 48.8 Å². The summed E-state index contributed by atoms with van der Waals surface area (Å²) in [6.45, 7) is 8.82. The lowest BCUT2D eigenvalue weighted by Gasteiger charge is -2.45. The highest BCUT2D eigenvalue weighted by Gasteiger charge is 2.51. The molecule has 6 nitrogen and oxygen atoms in total. The van der Waals surface area contributed by atoms with Crippen molar-refractivity contribution in [2.24, 2.45) is 5.92 Å². The Balaban J connectivity index is 1.63. The Hall–Kier alpha value is -1.86. The maximum absolute atomic E-state index is 12.9. The third-order valence-corrected chi connectivity index (χ3v) is 6.17. The first-order chi connectivity index (χ1) is 13.4. The number of amides is 1. The zero-order valence-corrected chi connectivity index (χ0v) is 18.1. The zero-order valence-electron chi connectivity index (χ0n) is 17.3. The lowest BCUT2D eigenvalue weighted by molar-refractivity contribution is -0.133. The van der Waals surface area contributed by atoms with Gasteiger partial charge in [-0.1, -0.05) is 20.8 Å². The summed E-state index contributed by atoms with van der Waals surface area (Å²) in [5, 5.41) is 7.73. The predicted octanol–water partition coefficient (Wildman–Crippen LogP) is 3.05. The van der Waals surface area contributed by atoms with Crippen LogP contribution in [0.2, 0.25) is 0 Å². The number of carbonyl (C=O) groups excluding carboxylic acids is 1. The maximum atomic E-state index is 12.9. The Morgan fingerprint density at radius 3 is 2.50 bits per heavy atom. The van der Waals surface area contributed by atoms with Crippen LogP contribution in [0.4, 0.5) is 5.69 Å². The van der Waals surface area contributed by atoms with Crippen molar-refractivity contribution in [1.82, 2.24) is 15.1 Å². The van der Waals surface area contributed by atoms with Gasteiger partial charge in [0.15, 0.2) is 5.11 Å². The number of carbonyl (C=O) groups is 1. The van der Waals surface area contributed by atoms with Crippen LogP contribution in [-0.4, -0.2) is 59.3 Å². The smallest absolute Gasteiger partial charge is 0.241 e. The van der Waals surface area contributed by atoms with Gasteiger partial charge in [0, 0.05) is 38.2 Å². The quantitative estimate of drug-likeness (QED) is 0.736. The predicted molar refractivity (Wildman–Crippen MR) is 117 cm³/mol. The minimum Gasteiger partial charge on any atom is -0.497 e. The number of ether oxygens (including phenoxy) is 1. The van der Waals surface area contributed by atoms with E-state index in [9.17, 15) is 4.79 Å². The SMILES string of the molecule is CCCN1C(=O)C(C(C)C)NC12CCN(C(=S)Nc1ccc(OC)cc1)CC2. The molecule has 2 heterocycles. The fourth-order valence-electron chi connectivity index (χ4n) is 4.18. The molecule has 1 aromatic rings. The Morgan fingerprint density at radius 1 is 1.32 bits per heavy atom. The fourth-order valence-corrected chi connectivity index (χ4v) is 4.48. The molecule has 1 atom stereocenters. The molecule has 1 amide bonds. The molecule has 7 heteroatoms. The number of hydrogen-bond donors (Lipinski definition) is 2. The molecule has 2 aliphatic rings. The summed E-state index contributed by atoms with van der Waals surface area (Å²) in [5.74, 6) is 1.37. The number of nitrogens with zero attached hydrogens (tertiary/aromatic N) is 2. The van der Waals surface area contributed by atoms with Gasteiger partial charge in [0.1, 0.15) is 5.75 Å². The number of benzene rings is 1. The van der Waals surface area contributed by atoms with Crippen LogP contribution in [0.3, 0.4) is 0 Å². The van der Waals surface area contributed by atoms with Crippen LogP contribution >= 0.6 is 12.2 Å². The molecule has 2 fully saturated rings. The van der Waals surface area contributed by atoms with Gasteiger partial charge in [-0.2, -0.15) is 0 Å². The van der Waals surface area contributed by atoms with E-state index in [1.807, 2.05) is 24.3 Å². The number of likely N-dealkylation sites (tertiary alicyclic amines) is 1. The molecule has 1 aromatic carbocycles. The van der Waals surface area contributed by atoms with Gasteiger partial charge >= 0.3 is 0 Å². The first-order valence-corrected chi connectivity index (χ1v) is 10.6. The summed E-state index contributed by atoms with van der Waals surface area (Å²) in [6.07, 6.45) is 2.74. The van der Waals surface area contributed by atoms with Gasteiger partial charge < -0.3 is 19.9 Å². The highest BCUT2D eigenvalue weighted by Crippen LogP contribution is 2.34. The van der Waals surface area contributed by atoms with Gasteiger partial charge in [0.25, 0.3) is 0 Å². The number of anilines is 1. The average Bonchev–Trinajstić information content (AvgIpc) is 2.96. The van der Waals surface area contributed by atoms with E-state index >= 15 is 0 Å². The minimum atomic E-state index is -0.228. The minimum absolute atomic E-state index is 0.0810. The third kappa shape index (κ3) is 4.10. The first kappa shape index (κ1) is 20.9. The van der Waals surface area contributed by atoms with E-state index in [4.69, 9.17) is 17.0 Å². The van der Waals surface area contributed by atoms with E-state index in [-0.39, 0.29) is 17.6 Å². The fraction of sp³-hybridized carbons (Fsp3) is 0.619. The maximum Gasteiger partial charge on any atom is 0.241 e. The van der Waals surface area contributed by atoms with Crippen molar-refractivity contribution in [2.45, 2.75) is 51.7 Å². The average molecular weight is 405 g/mol. The molecule has 3 rings (SSSR count). The van der Waals surface area contributed by atoms with Crippen LogP contribution in [0.15, 0.2) is 24.3 Å². The number of nitrogens with one attached hydrogen (secondary N) is 2. The van der Waals surface area contributed by atoms with Crippen molar-refractivity contribution >= 4 is 28.9 Å². The van der Waals surface area contributed by atoms with Crippen molar-refractivity contribution in [3.05, 3.63) is 24.3 Å². The van der Waals surface area contributed by atoms with Gasteiger partial charge in [-0.15, -0.1) is 0 Å². The van der Waals surface area contributed by atoms with Crippen molar-refractivity contribution in [3.8, 4) is 5.75 Å². The first-order valence-electron chi connectivity index (χ1n) is 10.2. The summed E-state index contributed by atoms with van der Waals surface area (Å²) in [4.78, 5) is 17.2. The van der Waals surface area contributed by atoms with E-state index in [0.717, 1.165) is 55.4 Å². The van der Waals surface area contributed by atoms with Crippen molar-refractivity contribution in [3.63, 3.8) is 0 Å². The molecule has 0 radical (unpaired) electrons. The molecule has 1 unspecified atom stereocenters. The van der Waals surface area contributed by atoms with Gasteiger partial charge in [0.05, 0.1) is 18.8 Å². The molecule has 154 valence electrons. The van der Waals surface area contributed by atoms with Gasteiger partial charge in [-0.3, -0.25) is 10.1 Å². The molecule has 0 saturated carbocycles. The second-order valence-corrected chi connectivity index (χ2v) is 8.42. The van der Waals surface area contributed by atoms with Crippen LogP contribution in [0.5, 0.6) is 5.75 Å². The Bertz CT molecular complexity index is 699. The molecule has 0 bridgehead atoms. The van der Waals surface area contributed by atoms with Gasteiger partial charge in [-0.25, -0.2) is 0 Å². The molecule has 2 saturated heterocycles. The second kappa shape index (κ2) is 8.66. The Morgan fingerprint density at radius 2 is 1.96 bits per heavy atom. The van der Waals surface area contributed by atoms with Crippen LogP contribution in [0.1, 0.15) is 40.0 Å². The number of rotatable bonds is 5. The Kier molecular flexibility index (Phi) is 6.45. The molecular weight excluding hydrogens is 372 g/mol. The summed E-state index contributed by atoms with van der Waals surface area (Å²) in [7, 11) is 1.66. The molecule has 28 heavy (non-hydrogen) atoms. The van der Waals surface area contributed by atoms with E-state index in [0.29, 0.717) is 5.92 Å². The number of hydrogen-bond acceptors (Lipinski definition) is 4. The molecule has 1 spiro atoms.